The van der Waals surface area contributed by atoms with Gasteiger partial charge in [-0.05, 0) is 46.5 Å². The lowest BCUT2D eigenvalue weighted by molar-refractivity contribution is -0.102. The monoisotopic (exact) mass is 213 g/mol. The first kappa shape index (κ1) is 11.4. The fourth-order valence-corrected chi connectivity index (χ4v) is 3.55. The van der Waals surface area contributed by atoms with E-state index in [9.17, 15) is 10.2 Å². The summed E-state index contributed by atoms with van der Waals surface area (Å²) in [6.07, 6.45) is 3.81. The van der Waals surface area contributed by atoms with Gasteiger partial charge in [0.1, 0.15) is 0 Å². The zero-order chi connectivity index (χ0) is 11.3. The van der Waals surface area contributed by atoms with Gasteiger partial charge in [0.25, 0.3) is 0 Å². The fraction of sp³-hybridized carbons (Fsp3) is 1.00. The molecule has 15 heavy (non-hydrogen) atoms. The summed E-state index contributed by atoms with van der Waals surface area (Å²) in [6.45, 7) is 6.63. The van der Waals surface area contributed by atoms with E-state index in [1.54, 1.807) is 0 Å². The lowest BCUT2D eigenvalue weighted by Gasteiger charge is -2.49. The molecule has 0 aliphatic carbocycles. The average Bonchev–Trinajstić information content (AvgIpc) is 2.40. The van der Waals surface area contributed by atoms with Crippen molar-refractivity contribution in [2.75, 3.05) is 6.61 Å². The maximum Gasteiger partial charge on any atom is 0.0907 e. The van der Waals surface area contributed by atoms with Gasteiger partial charge in [-0.2, -0.15) is 0 Å². The van der Waals surface area contributed by atoms with Crippen molar-refractivity contribution in [2.45, 2.75) is 69.7 Å². The molecule has 2 heterocycles. The number of rotatable bonds is 1. The van der Waals surface area contributed by atoms with Gasteiger partial charge in [-0.15, -0.1) is 0 Å². The SMILES string of the molecule is CC(C)(C)N1C2CC[C@@H]1C[C@](O)(CO)C2. The molecule has 3 atom stereocenters. The molecule has 2 rings (SSSR count). The van der Waals surface area contributed by atoms with Gasteiger partial charge in [0.05, 0.1) is 12.2 Å². The number of aliphatic hydroxyl groups excluding tert-OH is 1. The van der Waals surface area contributed by atoms with Gasteiger partial charge in [0.2, 0.25) is 0 Å². The quantitative estimate of drug-likeness (QED) is 0.686. The summed E-state index contributed by atoms with van der Waals surface area (Å²) in [5, 5.41) is 19.4. The number of nitrogens with zero attached hydrogens (tertiary/aromatic N) is 1. The molecule has 0 aromatic carbocycles. The van der Waals surface area contributed by atoms with Crippen molar-refractivity contribution in [1.29, 1.82) is 0 Å². The zero-order valence-electron chi connectivity index (χ0n) is 10.0. The number of piperidine rings is 1. The van der Waals surface area contributed by atoms with Gasteiger partial charge in [-0.1, -0.05) is 0 Å². The minimum Gasteiger partial charge on any atom is -0.393 e. The first-order valence-corrected chi connectivity index (χ1v) is 5.97. The van der Waals surface area contributed by atoms with Crippen LogP contribution < -0.4 is 0 Å². The van der Waals surface area contributed by atoms with Crippen LogP contribution in [0.3, 0.4) is 0 Å². The molecule has 0 aromatic rings. The van der Waals surface area contributed by atoms with Crippen molar-refractivity contribution in [3.8, 4) is 0 Å². The van der Waals surface area contributed by atoms with Crippen LogP contribution in [0, 0.1) is 0 Å². The first-order chi connectivity index (χ1) is 6.86. The van der Waals surface area contributed by atoms with Crippen molar-refractivity contribution in [2.24, 2.45) is 0 Å². The molecule has 2 N–H and O–H groups in total. The summed E-state index contributed by atoms with van der Waals surface area (Å²) in [5.41, 5.74) is -0.629. The Bertz CT molecular complexity index is 232. The van der Waals surface area contributed by atoms with E-state index < -0.39 is 5.60 Å². The third-order valence-corrected chi connectivity index (χ3v) is 3.92. The van der Waals surface area contributed by atoms with Gasteiger partial charge >= 0.3 is 0 Å². The minimum absolute atomic E-state index is 0.0853. The fourth-order valence-electron chi connectivity index (χ4n) is 3.55. The van der Waals surface area contributed by atoms with Crippen LogP contribution in [0.5, 0.6) is 0 Å². The maximum absolute atomic E-state index is 10.2. The molecule has 0 aromatic heterocycles. The van der Waals surface area contributed by atoms with Crippen molar-refractivity contribution in [1.82, 2.24) is 4.90 Å². The standard InChI is InChI=1S/C12H23NO2/c1-11(2,3)13-9-4-5-10(13)7-12(15,6-9)8-14/h9-10,14-15H,4-8H2,1-3H3/t9-,10?,12-/m1/s1. The summed E-state index contributed by atoms with van der Waals surface area (Å²) < 4.78 is 0. The molecule has 0 amide bonds. The molecule has 2 bridgehead atoms. The second-order valence-electron chi connectivity index (χ2n) is 6.25. The van der Waals surface area contributed by atoms with Gasteiger partial charge in [0, 0.05) is 17.6 Å². The molecular formula is C12H23NO2. The van der Waals surface area contributed by atoms with E-state index in [-0.39, 0.29) is 12.1 Å². The normalized spacial score (nSPS) is 42.2. The Balaban J connectivity index is 2.17. The summed E-state index contributed by atoms with van der Waals surface area (Å²) in [7, 11) is 0. The highest BCUT2D eigenvalue weighted by atomic mass is 16.3. The highest BCUT2D eigenvalue weighted by Gasteiger charge is 2.50. The highest BCUT2D eigenvalue weighted by molar-refractivity contribution is 5.05. The Kier molecular flexibility index (Phi) is 2.61. The molecule has 2 fully saturated rings. The number of aliphatic hydroxyl groups is 2. The van der Waals surface area contributed by atoms with Crippen LogP contribution in [-0.4, -0.2) is 44.9 Å². The Morgan fingerprint density at radius 1 is 1.20 bits per heavy atom. The van der Waals surface area contributed by atoms with E-state index in [0.717, 1.165) is 12.8 Å². The number of hydrogen-bond donors (Lipinski definition) is 2. The summed E-state index contributed by atoms with van der Waals surface area (Å²) >= 11 is 0. The molecule has 3 heteroatoms. The lowest BCUT2D eigenvalue weighted by atomic mass is 9.84. The van der Waals surface area contributed by atoms with Gasteiger partial charge < -0.3 is 10.2 Å². The summed E-state index contributed by atoms with van der Waals surface area (Å²) in [6, 6.07) is 0.918. The van der Waals surface area contributed by atoms with Crippen LogP contribution in [0.2, 0.25) is 0 Å². The van der Waals surface area contributed by atoms with Gasteiger partial charge in [-0.3, -0.25) is 4.90 Å². The van der Waals surface area contributed by atoms with E-state index in [4.69, 9.17) is 0 Å². The van der Waals surface area contributed by atoms with E-state index in [0.29, 0.717) is 12.1 Å². The van der Waals surface area contributed by atoms with E-state index >= 15 is 0 Å². The van der Waals surface area contributed by atoms with Crippen LogP contribution in [-0.2, 0) is 0 Å². The smallest absolute Gasteiger partial charge is 0.0907 e. The highest BCUT2D eigenvalue weighted by Crippen LogP contribution is 2.44. The minimum atomic E-state index is -0.812. The van der Waals surface area contributed by atoms with Crippen LogP contribution in [0.15, 0.2) is 0 Å². The van der Waals surface area contributed by atoms with E-state index in [2.05, 4.69) is 25.7 Å². The molecule has 2 aliphatic rings. The predicted molar refractivity (Wildman–Crippen MR) is 59.7 cm³/mol. The lowest BCUT2D eigenvalue weighted by Crippen LogP contribution is -2.58. The third kappa shape index (κ3) is 1.93. The second kappa shape index (κ2) is 3.44. The molecule has 1 unspecified atom stereocenters. The predicted octanol–water partition coefficient (Wildman–Crippen LogP) is 1.14. The Morgan fingerprint density at radius 3 is 2.00 bits per heavy atom. The Hall–Kier alpha value is -0.120. The Labute approximate surface area is 92.1 Å². The first-order valence-electron chi connectivity index (χ1n) is 5.97. The molecule has 88 valence electrons. The van der Waals surface area contributed by atoms with Crippen molar-refractivity contribution >= 4 is 0 Å². The van der Waals surface area contributed by atoms with Gasteiger partial charge in [-0.25, -0.2) is 0 Å². The van der Waals surface area contributed by atoms with E-state index in [1.165, 1.54) is 12.8 Å². The molecule has 0 spiro atoms. The Morgan fingerprint density at radius 2 is 1.67 bits per heavy atom. The van der Waals surface area contributed by atoms with Crippen LogP contribution in [0.25, 0.3) is 0 Å². The second-order valence-corrected chi connectivity index (χ2v) is 6.25. The third-order valence-electron chi connectivity index (χ3n) is 3.92. The van der Waals surface area contributed by atoms with Crippen molar-refractivity contribution in [3.63, 3.8) is 0 Å². The van der Waals surface area contributed by atoms with E-state index in [1.807, 2.05) is 0 Å². The molecule has 3 nitrogen and oxygen atoms in total. The van der Waals surface area contributed by atoms with Crippen molar-refractivity contribution in [3.05, 3.63) is 0 Å². The molecule has 2 saturated heterocycles. The molecule has 2 aliphatic heterocycles. The maximum atomic E-state index is 10.2. The van der Waals surface area contributed by atoms with Crippen LogP contribution in [0.1, 0.15) is 46.5 Å². The summed E-state index contributed by atoms with van der Waals surface area (Å²) in [4.78, 5) is 2.54. The van der Waals surface area contributed by atoms with Crippen molar-refractivity contribution < 1.29 is 10.2 Å². The average molecular weight is 213 g/mol. The van der Waals surface area contributed by atoms with Crippen LogP contribution in [0.4, 0.5) is 0 Å². The van der Waals surface area contributed by atoms with Crippen LogP contribution >= 0.6 is 0 Å². The number of fused-ring (bicyclic) bond motifs is 2. The molecule has 0 radical (unpaired) electrons. The van der Waals surface area contributed by atoms with Gasteiger partial charge in [0.15, 0.2) is 0 Å². The summed E-state index contributed by atoms with van der Waals surface area (Å²) in [5.74, 6) is 0. The largest absolute Gasteiger partial charge is 0.393 e. The zero-order valence-corrected chi connectivity index (χ0v) is 10.0. The topological polar surface area (TPSA) is 43.7 Å². The number of hydrogen-bond acceptors (Lipinski definition) is 3. The molecule has 0 saturated carbocycles. The molecular weight excluding hydrogens is 190 g/mol.